The maximum atomic E-state index is 11.5. The lowest BCUT2D eigenvalue weighted by molar-refractivity contribution is -0.135. The molecule has 0 radical (unpaired) electrons. The number of oxime groups is 1. The molecule has 0 aromatic rings. The van der Waals surface area contributed by atoms with Crippen molar-refractivity contribution in [2.75, 3.05) is 13.7 Å². The molecule has 0 rings (SSSR count). The van der Waals surface area contributed by atoms with E-state index in [4.69, 9.17) is 4.74 Å². The largest absolute Gasteiger partial charge is 0.461 e. The quantitative estimate of drug-likeness (QED) is 0.361. The van der Waals surface area contributed by atoms with Crippen molar-refractivity contribution in [2.45, 2.75) is 39.5 Å². The minimum absolute atomic E-state index is 0.0212. The summed E-state index contributed by atoms with van der Waals surface area (Å²) in [5, 5.41) is 3.51. The first-order valence-corrected chi connectivity index (χ1v) is 5.44. The van der Waals surface area contributed by atoms with Crippen molar-refractivity contribution in [3.05, 3.63) is 0 Å². The van der Waals surface area contributed by atoms with Crippen LogP contribution in [0.1, 0.15) is 39.5 Å². The molecule has 16 heavy (non-hydrogen) atoms. The summed E-state index contributed by atoms with van der Waals surface area (Å²) in [6.45, 7) is 3.95. The molecule has 0 aromatic carbocycles. The lowest BCUT2D eigenvalue weighted by Gasteiger charge is -2.04. The van der Waals surface area contributed by atoms with E-state index in [1.165, 1.54) is 7.11 Å². The predicted molar refractivity (Wildman–Crippen MR) is 60.2 cm³/mol. The van der Waals surface area contributed by atoms with Crippen LogP contribution in [0.5, 0.6) is 0 Å². The van der Waals surface area contributed by atoms with Crippen molar-refractivity contribution in [1.82, 2.24) is 0 Å². The Labute approximate surface area is 95.8 Å². The van der Waals surface area contributed by atoms with Crippen molar-refractivity contribution < 1.29 is 19.2 Å². The summed E-state index contributed by atoms with van der Waals surface area (Å²) in [5.41, 5.74) is 0.0328. The van der Waals surface area contributed by atoms with Gasteiger partial charge in [-0.15, -0.1) is 0 Å². The van der Waals surface area contributed by atoms with E-state index in [-0.39, 0.29) is 24.5 Å². The number of carbonyl (C=O) groups excluding carboxylic acids is 2. The number of hydrogen-bond acceptors (Lipinski definition) is 5. The van der Waals surface area contributed by atoms with Crippen LogP contribution >= 0.6 is 0 Å². The number of carbonyl (C=O) groups is 2. The number of ether oxygens (including phenoxy) is 1. The summed E-state index contributed by atoms with van der Waals surface area (Å²) >= 11 is 0. The third kappa shape index (κ3) is 6.16. The molecule has 5 heteroatoms. The summed E-state index contributed by atoms with van der Waals surface area (Å²) in [6.07, 6.45) is 2.20. The van der Waals surface area contributed by atoms with Gasteiger partial charge in [-0.1, -0.05) is 18.5 Å². The van der Waals surface area contributed by atoms with Crippen LogP contribution in [0, 0.1) is 0 Å². The smallest absolute Gasteiger partial charge is 0.356 e. The molecule has 0 aromatic heterocycles. The van der Waals surface area contributed by atoms with Crippen LogP contribution in [0.4, 0.5) is 0 Å². The molecule has 0 unspecified atom stereocenters. The van der Waals surface area contributed by atoms with Gasteiger partial charge in [-0.05, 0) is 13.3 Å². The Kier molecular flexibility index (Phi) is 8.11. The normalized spacial score (nSPS) is 11.1. The van der Waals surface area contributed by atoms with Crippen molar-refractivity contribution in [2.24, 2.45) is 5.16 Å². The van der Waals surface area contributed by atoms with Crippen molar-refractivity contribution in [3.63, 3.8) is 0 Å². The van der Waals surface area contributed by atoms with Crippen LogP contribution in [0.3, 0.4) is 0 Å². The van der Waals surface area contributed by atoms with Gasteiger partial charge >= 0.3 is 5.97 Å². The van der Waals surface area contributed by atoms with E-state index in [1.54, 1.807) is 6.92 Å². The Hall–Kier alpha value is -1.39. The lowest BCUT2D eigenvalue weighted by atomic mass is 10.1. The topological polar surface area (TPSA) is 65.0 Å². The molecule has 0 fully saturated rings. The second-order valence-electron chi connectivity index (χ2n) is 3.26. The molecule has 0 heterocycles. The van der Waals surface area contributed by atoms with E-state index < -0.39 is 5.97 Å². The molecule has 5 nitrogen and oxygen atoms in total. The second-order valence-corrected chi connectivity index (χ2v) is 3.26. The number of ketones is 1. The van der Waals surface area contributed by atoms with E-state index in [0.29, 0.717) is 6.42 Å². The molecule has 0 amide bonds. The highest BCUT2D eigenvalue weighted by Gasteiger charge is 2.17. The Morgan fingerprint density at radius 3 is 2.44 bits per heavy atom. The van der Waals surface area contributed by atoms with Crippen LogP contribution in [0.25, 0.3) is 0 Å². The highest BCUT2D eigenvalue weighted by molar-refractivity contribution is 6.39. The Bertz CT molecular complexity index is 261. The van der Waals surface area contributed by atoms with E-state index in [1.807, 2.05) is 6.92 Å². The fourth-order valence-corrected chi connectivity index (χ4v) is 1.12. The van der Waals surface area contributed by atoms with Crippen LogP contribution in [0.15, 0.2) is 5.16 Å². The minimum Gasteiger partial charge on any atom is -0.461 e. The molecular weight excluding hydrogens is 210 g/mol. The van der Waals surface area contributed by atoms with Gasteiger partial charge in [0.05, 0.1) is 13.0 Å². The van der Waals surface area contributed by atoms with Gasteiger partial charge in [0.25, 0.3) is 0 Å². The monoisotopic (exact) mass is 229 g/mol. The maximum absolute atomic E-state index is 11.5. The molecule has 0 bridgehead atoms. The zero-order chi connectivity index (χ0) is 12.4. The van der Waals surface area contributed by atoms with E-state index in [2.05, 4.69) is 9.99 Å². The summed E-state index contributed by atoms with van der Waals surface area (Å²) in [7, 11) is 1.33. The Morgan fingerprint density at radius 2 is 1.94 bits per heavy atom. The van der Waals surface area contributed by atoms with Crippen molar-refractivity contribution >= 4 is 17.5 Å². The van der Waals surface area contributed by atoms with Gasteiger partial charge < -0.3 is 9.57 Å². The van der Waals surface area contributed by atoms with Crippen molar-refractivity contribution in [3.8, 4) is 0 Å². The summed E-state index contributed by atoms with van der Waals surface area (Å²) < 4.78 is 4.76. The molecule has 92 valence electrons. The van der Waals surface area contributed by atoms with Gasteiger partial charge in [-0.25, -0.2) is 4.79 Å². The van der Waals surface area contributed by atoms with E-state index in [9.17, 15) is 9.59 Å². The molecule has 0 saturated heterocycles. The van der Waals surface area contributed by atoms with E-state index in [0.717, 1.165) is 12.8 Å². The van der Waals surface area contributed by atoms with Gasteiger partial charge in [0, 0.05) is 6.42 Å². The molecule has 0 N–H and O–H groups in total. The minimum atomic E-state index is -0.589. The number of nitrogens with zero attached hydrogens (tertiary/aromatic N) is 1. The maximum Gasteiger partial charge on any atom is 0.356 e. The highest BCUT2D eigenvalue weighted by Crippen LogP contribution is 2.02. The fraction of sp³-hybridized carbons (Fsp3) is 0.727. The number of hydrogen-bond donors (Lipinski definition) is 0. The van der Waals surface area contributed by atoms with Crippen LogP contribution in [-0.4, -0.2) is 31.2 Å². The molecule has 0 aliphatic rings. The zero-order valence-corrected chi connectivity index (χ0v) is 10.1. The van der Waals surface area contributed by atoms with Crippen LogP contribution in [-0.2, 0) is 19.2 Å². The Balaban J connectivity index is 4.28. The van der Waals surface area contributed by atoms with Gasteiger partial charge in [0.15, 0.2) is 5.71 Å². The number of esters is 1. The third-order valence-corrected chi connectivity index (χ3v) is 1.89. The van der Waals surface area contributed by atoms with E-state index >= 15 is 0 Å². The van der Waals surface area contributed by atoms with Gasteiger partial charge in [-0.3, -0.25) is 4.79 Å². The first kappa shape index (κ1) is 14.6. The Morgan fingerprint density at radius 1 is 1.25 bits per heavy atom. The van der Waals surface area contributed by atoms with Gasteiger partial charge in [0.2, 0.25) is 0 Å². The highest BCUT2D eigenvalue weighted by atomic mass is 16.6. The molecule has 0 atom stereocenters. The molecule has 0 aliphatic carbocycles. The first-order chi connectivity index (χ1) is 7.65. The van der Waals surface area contributed by atoms with Gasteiger partial charge in [0.1, 0.15) is 12.9 Å². The molecule has 0 spiro atoms. The molecule has 0 aliphatic heterocycles. The molecular formula is C11H19NO4. The number of rotatable bonds is 8. The summed E-state index contributed by atoms with van der Waals surface area (Å²) in [4.78, 5) is 27.3. The zero-order valence-electron chi connectivity index (χ0n) is 10.1. The fourth-order valence-electron chi connectivity index (χ4n) is 1.12. The summed E-state index contributed by atoms with van der Waals surface area (Å²) in [6, 6.07) is 0. The number of Topliss-reactive ketones (excluding diaryl/α,β-unsaturated/α-hetero) is 1. The molecule has 0 saturated carbocycles. The summed E-state index contributed by atoms with van der Waals surface area (Å²) in [5.74, 6) is -0.611. The SMILES string of the molecule is CCCCC(=O)C/C(=N\OC)C(=O)OCC. The van der Waals surface area contributed by atoms with Crippen LogP contribution in [0.2, 0.25) is 0 Å². The standard InChI is InChI=1S/C11H19NO4/c1-4-6-7-9(13)8-10(12-15-3)11(14)16-5-2/h4-8H2,1-3H3/b12-10+. The second kappa shape index (κ2) is 8.88. The lowest BCUT2D eigenvalue weighted by Crippen LogP contribution is -2.21. The third-order valence-electron chi connectivity index (χ3n) is 1.89. The van der Waals surface area contributed by atoms with Crippen molar-refractivity contribution in [1.29, 1.82) is 0 Å². The number of unbranched alkanes of at least 4 members (excludes halogenated alkanes) is 1. The average molecular weight is 229 g/mol. The first-order valence-electron chi connectivity index (χ1n) is 5.44. The average Bonchev–Trinajstić information content (AvgIpc) is 2.26. The van der Waals surface area contributed by atoms with Crippen LogP contribution < -0.4 is 0 Å². The van der Waals surface area contributed by atoms with Gasteiger partial charge in [-0.2, -0.15) is 0 Å². The predicted octanol–water partition coefficient (Wildman–Crippen LogP) is 1.70.